The van der Waals surface area contributed by atoms with Gasteiger partial charge in [-0.3, -0.25) is 0 Å². The summed E-state index contributed by atoms with van der Waals surface area (Å²) in [6.07, 6.45) is 0.267. The van der Waals surface area contributed by atoms with Crippen molar-refractivity contribution in [2.45, 2.75) is 18.9 Å². The Bertz CT molecular complexity index is 328. The second-order valence-electron chi connectivity index (χ2n) is 3.10. The lowest BCUT2D eigenvalue weighted by Crippen LogP contribution is -2.18. The molecule has 1 rings (SSSR count). The molecule has 0 bridgehead atoms. The van der Waals surface area contributed by atoms with E-state index in [1.54, 1.807) is 0 Å². The molecule has 1 aromatic carbocycles. The maximum atomic E-state index is 10.1. The highest BCUT2D eigenvalue weighted by Gasteiger charge is 2.07. The fourth-order valence-corrected chi connectivity index (χ4v) is 1.17. The van der Waals surface area contributed by atoms with Crippen molar-refractivity contribution in [3.8, 4) is 0 Å². The molecule has 0 aromatic heterocycles. The van der Waals surface area contributed by atoms with Crippen molar-refractivity contribution in [1.82, 2.24) is 0 Å². The molecule has 0 heterocycles. The SMILES string of the molecule is NC(=C=O)C(O)CCc1ccccc1. The van der Waals surface area contributed by atoms with Gasteiger partial charge in [-0.1, -0.05) is 30.3 Å². The third-order valence-corrected chi connectivity index (χ3v) is 2.03. The summed E-state index contributed by atoms with van der Waals surface area (Å²) in [7, 11) is 0. The van der Waals surface area contributed by atoms with Crippen LogP contribution in [-0.4, -0.2) is 17.2 Å². The number of carbonyl (C=O) groups excluding carboxylic acids is 1. The van der Waals surface area contributed by atoms with Crippen LogP contribution in [0.3, 0.4) is 0 Å². The number of aryl methyl sites for hydroxylation is 1. The predicted molar refractivity (Wildman–Crippen MR) is 54.2 cm³/mol. The van der Waals surface area contributed by atoms with E-state index in [0.29, 0.717) is 12.8 Å². The van der Waals surface area contributed by atoms with Crippen molar-refractivity contribution >= 4 is 5.94 Å². The molecule has 0 aliphatic carbocycles. The smallest absolute Gasteiger partial charge is 0.148 e. The fraction of sp³-hybridized carbons (Fsp3) is 0.273. The zero-order chi connectivity index (χ0) is 10.4. The van der Waals surface area contributed by atoms with Crippen LogP contribution in [0.2, 0.25) is 0 Å². The van der Waals surface area contributed by atoms with Gasteiger partial charge < -0.3 is 10.8 Å². The molecule has 0 aliphatic rings. The van der Waals surface area contributed by atoms with E-state index in [1.807, 2.05) is 30.3 Å². The van der Waals surface area contributed by atoms with E-state index in [0.717, 1.165) is 5.56 Å². The van der Waals surface area contributed by atoms with Gasteiger partial charge in [0, 0.05) is 0 Å². The van der Waals surface area contributed by atoms with Gasteiger partial charge in [-0.25, -0.2) is 4.79 Å². The van der Waals surface area contributed by atoms with Gasteiger partial charge in [0.2, 0.25) is 0 Å². The minimum Gasteiger partial charge on any atom is -0.391 e. The zero-order valence-electron chi connectivity index (χ0n) is 7.81. The Kier molecular flexibility index (Phi) is 3.92. The van der Waals surface area contributed by atoms with Crippen LogP contribution in [0.5, 0.6) is 0 Å². The standard InChI is InChI=1S/C11H13NO2/c12-10(8-13)11(14)7-6-9-4-2-1-3-5-9/h1-5,11,14H,6-7,12H2. The first kappa shape index (κ1) is 10.5. The van der Waals surface area contributed by atoms with Crippen molar-refractivity contribution in [3.63, 3.8) is 0 Å². The first-order valence-electron chi connectivity index (χ1n) is 4.46. The number of hydrogen-bond donors (Lipinski definition) is 2. The van der Waals surface area contributed by atoms with Crippen LogP contribution in [-0.2, 0) is 11.2 Å². The third-order valence-electron chi connectivity index (χ3n) is 2.03. The summed E-state index contributed by atoms with van der Waals surface area (Å²) < 4.78 is 0. The number of benzene rings is 1. The molecule has 0 amide bonds. The van der Waals surface area contributed by atoms with E-state index in [9.17, 15) is 9.90 Å². The molecule has 0 radical (unpaired) electrons. The Morgan fingerprint density at radius 3 is 2.64 bits per heavy atom. The fourth-order valence-electron chi connectivity index (χ4n) is 1.17. The lowest BCUT2D eigenvalue weighted by Gasteiger charge is -2.07. The Labute approximate surface area is 82.9 Å². The molecule has 0 spiro atoms. The van der Waals surface area contributed by atoms with Gasteiger partial charge in [-0.15, -0.1) is 0 Å². The summed E-state index contributed by atoms with van der Waals surface area (Å²) >= 11 is 0. The lowest BCUT2D eigenvalue weighted by atomic mass is 10.1. The molecule has 3 nitrogen and oxygen atoms in total. The summed E-state index contributed by atoms with van der Waals surface area (Å²) in [6.45, 7) is 0. The van der Waals surface area contributed by atoms with Crippen molar-refractivity contribution in [1.29, 1.82) is 0 Å². The molecule has 1 unspecified atom stereocenters. The number of nitrogens with two attached hydrogens (primary N) is 1. The first-order chi connectivity index (χ1) is 6.74. The van der Waals surface area contributed by atoms with Crippen molar-refractivity contribution in [2.75, 3.05) is 0 Å². The number of rotatable bonds is 4. The largest absolute Gasteiger partial charge is 0.391 e. The van der Waals surface area contributed by atoms with Gasteiger partial charge in [-0.05, 0) is 18.4 Å². The molecule has 3 N–H and O–H groups in total. The van der Waals surface area contributed by atoms with Crippen LogP contribution >= 0.6 is 0 Å². The predicted octanol–water partition coefficient (Wildman–Crippen LogP) is 0.654. The number of aliphatic hydroxyl groups excluding tert-OH is 1. The maximum absolute atomic E-state index is 10.1. The van der Waals surface area contributed by atoms with Crippen molar-refractivity contribution in [3.05, 3.63) is 41.6 Å². The minimum atomic E-state index is -0.882. The van der Waals surface area contributed by atoms with E-state index in [1.165, 1.54) is 5.94 Å². The highest BCUT2D eigenvalue weighted by molar-refractivity contribution is 5.52. The quantitative estimate of drug-likeness (QED) is 0.687. The van der Waals surface area contributed by atoms with Crippen LogP contribution in [0, 0.1) is 0 Å². The molecule has 74 valence electrons. The Hall–Kier alpha value is -1.57. The van der Waals surface area contributed by atoms with Gasteiger partial charge in [0.25, 0.3) is 0 Å². The molecule has 1 aromatic rings. The minimum absolute atomic E-state index is 0.124. The maximum Gasteiger partial charge on any atom is 0.148 e. The number of hydrogen-bond acceptors (Lipinski definition) is 3. The topological polar surface area (TPSA) is 63.3 Å². The van der Waals surface area contributed by atoms with Crippen molar-refractivity contribution < 1.29 is 9.90 Å². The molecule has 0 aliphatic heterocycles. The Balaban J connectivity index is 2.46. The van der Waals surface area contributed by atoms with E-state index in [2.05, 4.69) is 0 Å². The van der Waals surface area contributed by atoms with Gasteiger partial charge in [0.05, 0.1) is 0 Å². The van der Waals surface area contributed by atoms with Crippen LogP contribution in [0.25, 0.3) is 0 Å². The molecule has 0 saturated carbocycles. The van der Waals surface area contributed by atoms with E-state index in [-0.39, 0.29) is 5.70 Å². The van der Waals surface area contributed by atoms with Gasteiger partial charge in [0.1, 0.15) is 17.7 Å². The number of aliphatic hydroxyl groups is 1. The summed E-state index contributed by atoms with van der Waals surface area (Å²) in [5.74, 6) is 1.50. The van der Waals surface area contributed by atoms with Gasteiger partial charge >= 0.3 is 0 Å². The highest BCUT2D eigenvalue weighted by Crippen LogP contribution is 2.06. The van der Waals surface area contributed by atoms with Crippen LogP contribution in [0.4, 0.5) is 0 Å². The summed E-state index contributed by atoms with van der Waals surface area (Å²) in [4.78, 5) is 10.1. The molecule has 14 heavy (non-hydrogen) atoms. The second kappa shape index (κ2) is 5.22. The third kappa shape index (κ3) is 3.05. The molecular formula is C11H13NO2. The van der Waals surface area contributed by atoms with E-state index < -0.39 is 6.10 Å². The van der Waals surface area contributed by atoms with E-state index >= 15 is 0 Å². The lowest BCUT2D eigenvalue weighted by molar-refractivity contribution is 0.200. The molecule has 0 fully saturated rings. The average Bonchev–Trinajstić information content (AvgIpc) is 2.26. The molecular weight excluding hydrogens is 178 g/mol. The average molecular weight is 191 g/mol. The Morgan fingerprint density at radius 1 is 1.43 bits per heavy atom. The molecule has 0 saturated heterocycles. The normalized spacial score (nSPS) is 11.8. The van der Waals surface area contributed by atoms with Crippen LogP contribution in [0.1, 0.15) is 12.0 Å². The highest BCUT2D eigenvalue weighted by atomic mass is 16.3. The van der Waals surface area contributed by atoms with Crippen LogP contribution in [0.15, 0.2) is 36.0 Å². The molecule has 3 heteroatoms. The van der Waals surface area contributed by atoms with Crippen molar-refractivity contribution in [2.24, 2.45) is 5.73 Å². The zero-order valence-corrected chi connectivity index (χ0v) is 7.81. The van der Waals surface area contributed by atoms with Gasteiger partial charge in [0.15, 0.2) is 0 Å². The molecule has 1 atom stereocenters. The Morgan fingerprint density at radius 2 is 2.07 bits per heavy atom. The summed E-state index contributed by atoms with van der Waals surface area (Å²) in [5, 5.41) is 9.35. The summed E-state index contributed by atoms with van der Waals surface area (Å²) in [6, 6.07) is 9.72. The van der Waals surface area contributed by atoms with Gasteiger partial charge in [-0.2, -0.15) is 0 Å². The first-order valence-corrected chi connectivity index (χ1v) is 4.46. The van der Waals surface area contributed by atoms with Crippen LogP contribution < -0.4 is 5.73 Å². The monoisotopic (exact) mass is 191 g/mol. The second-order valence-corrected chi connectivity index (χ2v) is 3.10. The van der Waals surface area contributed by atoms with E-state index in [4.69, 9.17) is 5.73 Å². The summed E-state index contributed by atoms with van der Waals surface area (Å²) in [5.41, 5.74) is 6.22.